The molecular weight excluding hydrogens is 438 g/mol. The van der Waals surface area contributed by atoms with Gasteiger partial charge in [-0.2, -0.15) is 0 Å². The Kier molecular flexibility index (Phi) is 6.05. The molecule has 0 amide bonds. The highest BCUT2D eigenvalue weighted by Gasteiger charge is 2.23. The first-order valence-corrected chi connectivity index (χ1v) is 10.3. The minimum atomic E-state index is -0.947. The molecule has 4 rings (SSSR count). The molecule has 0 radical (unpaired) electrons. The smallest absolute Gasteiger partial charge is 0.343 e. The zero-order chi connectivity index (χ0) is 23.7. The topological polar surface area (TPSA) is 107 Å². The van der Waals surface area contributed by atoms with Gasteiger partial charge in [-0.05, 0) is 25.1 Å². The SMILES string of the molecule is CCOC(=O)c1cn(-c2ccc([N+](=O)[O-])cc2F)c2cc(N3CCNCC3)c(F)cc2c1=O. The Hall–Kier alpha value is -3.86. The number of nitro groups is 1. The normalized spacial score (nSPS) is 13.8. The molecule has 1 N–H and O–H groups in total. The number of nitrogens with zero attached hydrogens (tertiary/aromatic N) is 3. The molecule has 0 atom stereocenters. The van der Waals surface area contributed by atoms with Gasteiger partial charge in [-0.25, -0.2) is 13.6 Å². The van der Waals surface area contributed by atoms with Crippen molar-refractivity contribution in [3.05, 3.63) is 74.1 Å². The van der Waals surface area contributed by atoms with Crippen molar-refractivity contribution in [1.82, 2.24) is 9.88 Å². The fourth-order valence-electron chi connectivity index (χ4n) is 3.84. The Morgan fingerprint density at radius 2 is 1.85 bits per heavy atom. The second-order valence-corrected chi connectivity index (χ2v) is 7.41. The number of rotatable bonds is 5. The average molecular weight is 458 g/mol. The van der Waals surface area contributed by atoms with Gasteiger partial charge in [0.1, 0.15) is 11.4 Å². The molecule has 2 heterocycles. The van der Waals surface area contributed by atoms with Crippen molar-refractivity contribution in [2.24, 2.45) is 0 Å². The van der Waals surface area contributed by atoms with Gasteiger partial charge in [-0.1, -0.05) is 0 Å². The lowest BCUT2D eigenvalue weighted by atomic mass is 10.1. The predicted molar refractivity (Wildman–Crippen MR) is 117 cm³/mol. The van der Waals surface area contributed by atoms with Gasteiger partial charge in [0, 0.05) is 43.8 Å². The highest BCUT2D eigenvalue weighted by molar-refractivity contribution is 5.95. The van der Waals surface area contributed by atoms with E-state index in [4.69, 9.17) is 4.74 Å². The largest absolute Gasteiger partial charge is 0.462 e. The fraction of sp³-hybridized carbons (Fsp3) is 0.273. The number of hydrogen-bond acceptors (Lipinski definition) is 7. The van der Waals surface area contributed by atoms with E-state index in [1.807, 2.05) is 0 Å². The molecule has 3 aromatic rings. The summed E-state index contributed by atoms with van der Waals surface area (Å²) in [6, 6.07) is 5.46. The number of non-ortho nitro benzene ring substituents is 1. The number of halogens is 2. The number of fused-ring (bicyclic) bond motifs is 1. The third-order valence-electron chi connectivity index (χ3n) is 5.43. The van der Waals surface area contributed by atoms with Crippen LogP contribution in [0.4, 0.5) is 20.2 Å². The van der Waals surface area contributed by atoms with Crippen LogP contribution in [0.15, 0.2) is 41.3 Å². The number of esters is 1. The van der Waals surface area contributed by atoms with Gasteiger partial charge < -0.3 is 19.5 Å². The van der Waals surface area contributed by atoms with Crippen LogP contribution >= 0.6 is 0 Å². The van der Waals surface area contributed by atoms with Crippen LogP contribution in [0, 0.1) is 21.7 Å². The molecule has 172 valence electrons. The van der Waals surface area contributed by atoms with Crippen LogP contribution in [0.25, 0.3) is 16.6 Å². The lowest BCUT2D eigenvalue weighted by Gasteiger charge is -2.30. The Bertz CT molecular complexity index is 1320. The highest BCUT2D eigenvalue weighted by atomic mass is 19.1. The van der Waals surface area contributed by atoms with Gasteiger partial charge >= 0.3 is 5.97 Å². The van der Waals surface area contributed by atoms with Crippen LogP contribution in [0.5, 0.6) is 0 Å². The van der Waals surface area contributed by atoms with Crippen LogP contribution in [0.1, 0.15) is 17.3 Å². The van der Waals surface area contributed by atoms with Crippen molar-refractivity contribution in [2.75, 3.05) is 37.7 Å². The number of piperazine rings is 1. The first-order valence-electron chi connectivity index (χ1n) is 10.3. The average Bonchev–Trinajstić information content (AvgIpc) is 2.80. The molecule has 0 bridgehead atoms. The van der Waals surface area contributed by atoms with Crippen LogP contribution in [0.3, 0.4) is 0 Å². The van der Waals surface area contributed by atoms with Crippen LogP contribution in [0.2, 0.25) is 0 Å². The molecule has 9 nitrogen and oxygen atoms in total. The van der Waals surface area contributed by atoms with E-state index in [9.17, 15) is 24.1 Å². The molecule has 33 heavy (non-hydrogen) atoms. The van der Waals surface area contributed by atoms with Crippen molar-refractivity contribution in [3.8, 4) is 5.69 Å². The van der Waals surface area contributed by atoms with E-state index in [1.165, 1.54) is 16.7 Å². The number of carbonyl (C=O) groups is 1. The minimum Gasteiger partial charge on any atom is -0.462 e. The van der Waals surface area contributed by atoms with Crippen LogP contribution in [-0.4, -0.2) is 48.2 Å². The van der Waals surface area contributed by atoms with Crippen LogP contribution < -0.4 is 15.6 Å². The number of nitro benzene ring substituents is 1. The quantitative estimate of drug-likeness (QED) is 0.356. The molecule has 1 aliphatic rings. The monoisotopic (exact) mass is 458 g/mol. The molecule has 0 spiro atoms. The summed E-state index contributed by atoms with van der Waals surface area (Å²) in [6.45, 7) is 3.90. The molecule has 2 aromatic carbocycles. The molecule has 1 saturated heterocycles. The van der Waals surface area contributed by atoms with Crippen molar-refractivity contribution >= 4 is 28.2 Å². The maximum absolute atomic E-state index is 15.0. The molecule has 0 saturated carbocycles. The van der Waals surface area contributed by atoms with E-state index < -0.39 is 39.2 Å². The lowest BCUT2D eigenvalue weighted by molar-refractivity contribution is -0.385. The van der Waals surface area contributed by atoms with Gasteiger partial charge in [0.05, 0.1) is 34.5 Å². The Labute approximate surface area is 186 Å². The molecule has 0 unspecified atom stereocenters. The third kappa shape index (κ3) is 4.14. The summed E-state index contributed by atoms with van der Waals surface area (Å²) in [6.07, 6.45) is 1.12. The summed E-state index contributed by atoms with van der Waals surface area (Å²) in [5.41, 5.74) is -1.39. The number of anilines is 1. The molecular formula is C22H20F2N4O5. The van der Waals surface area contributed by atoms with E-state index in [0.29, 0.717) is 26.2 Å². The van der Waals surface area contributed by atoms with E-state index in [0.717, 1.165) is 24.4 Å². The van der Waals surface area contributed by atoms with Crippen molar-refractivity contribution in [3.63, 3.8) is 0 Å². The maximum atomic E-state index is 15.0. The number of ether oxygens (including phenoxy) is 1. The van der Waals surface area contributed by atoms with E-state index in [-0.39, 0.29) is 28.9 Å². The molecule has 1 aromatic heterocycles. The van der Waals surface area contributed by atoms with E-state index in [1.54, 1.807) is 11.8 Å². The summed E-state index contributed by atoms with van der Waals surface area (Å²) >= 11 is 0. The summed E-state index contributed by atoms with van der Waals surface area (Å²) < 4.78 is 36.1. The first kappa shape index (κ1) is 22.3. The molecule has 1 aliphatic heterocycles. The third-order valence-corrected chi connectivity index (χ3v) is 5.43. The van der Waals surface area contributed by atoms with Gasteiger partial charge in [0.25, 0.3) is 5.69 Å². The van der Waals surface area contributed by atoms with Crippen molar-refractivity contribution in [2.45, 2.75) is 6.92 Å². The Morgan fingerprint density at radius 1 is 1.15 bits per heavy atom. The summed E-state index contributed by atoms with van der Waals surface area (Å²) in [4.78, 5) is 37.5. The number of carbonyl (C=O) groups excluding carboxylic acids is 1. The van der Waals surface area contributed by atoms with Gasteiger partial charge in [0.15, 0.2) is 5.82 Å². The number of pyridine rings is 1. The summed E-state index contributed by atoms with van der Waals surface area (Å²) in [7, 11) is 0. The summed E-state index contributed by atoms with van der Waals surface area (Å²) in [5.74, 6) is -2.54. The lowest BCUT2D eigenvalue weighted by Crippen LogP contribution is -2.43. The Morgan fingerprint density at radius 3 is 2.48 bits per heavy atom. The van der Waals surface area contributed by atoms with Gasteiger partial charge in [-0.3, -0.25) is 14.9 Å². The minimum absolute atomic E-state index is 0.00149. The van der Waals surface area contributed by atoms with Gasteiger partial charge in [-0.15, -0.1) is 0 Å². The van der Waals surface area contributed by atoms with Crippen molar-refractivity contribution < 1.29 is 23.2 Å². The zero-order valence-electron chi connectivity index (χ0n) is 17.6. The number of benzene rings is 2. The fourth-order valence-corrected chi connectivity index (χ4v) is 3.84. The highest BCUT2D eigenvalue weighted by Crippen LogP contribution is 2.29. The Balaban J connectivity index is 2.01. The maximum Gasteiger partial charge on any atom is 0.343 e. The van der Waals surface area contributed by atoms with E-state index in [2.05, 4.69) is 5.32 Å². The second-order valence-electron chi connectivity index (χ2n) is 7.41. The summed E-state index contributed by atoms with van der Waals surface area (Å²) in [5, 5.41) is 14.0. The molecule has 1 fully saturated rings. The van der Waals surface area contributed by atoms with Gasteiger partial charge in [0.2, 0.25) is 5.43 Å². The number of aromatic nitrogens is 1. The van der Waals surface area contributed by atoms with E-state index >= 15 is 4.39 Å². The first-order chi connectivity index (χ1) is 15.8. The number of hydrogen-bond donors (Lipinski definition) is 1. The number of nitrogens with one attached hydrogen (secondary N) is 1. The zero-order valence-corrected chi connectivity index (χ0v) is 17.6. The molecule has 11 heteroatoms. The molecule has 0 aliphatic carbocycles. The standard InChI is InChI=1S/C22H20F2N4O5/c1-2-33-22(30)15-12-27(18-4-3-13(28(31)32)9-16(18)23)19-11-20(26-7-5-25-6-8-26)17(24)10-14(19)21(15)29/h3-4,9-12,25H,2,5-8H2,1H3. The second kappa shape index (κ2) is 8.94. The predicted octanol–water partition coefficient (Wildman–Crippen LogP) is 2.76. The van der Waals surface area contributed by atoms with Crippen molar-refractivity contribution in [1.29, 1.82) is 0 Å². The van der Waals surface area contributed by atoms with Crippen LogP contribution in [-0.2, 0) is 4.74 Å².